The molecule has 35 heavy (non-hydrogen) atoms. The van der Waals surface area contributed by atoms with E-state index < -0.39 is 18.5 Å². The molecule has 2 heterocycles. The first-order valence-corrected chi connectivity index (χ1v) is 11.4. The summed E-state index contributed by atoms with van der Waals surface area (Å²) >= 11 is 0.983. The minimum absolute atomic E-state index is 0.00381. The van der Waals surface area contributed by atoms with Crippen molar-refractivity contribution in [3.63, 3.8) is 0 Å². The van der Waals surface area contributed by atoms with Crippen LogP contribution in [0, 0.1) is 6.92 Å². The molecule has 3 aromatic rings. The number of nitrogens with one attached hydrogen (secondary N) is 2. The smallest absolute Gasteiger partial charge is 0.387 e. The third-order valence-electron chi connectivity index (χ3n) is 4.81. The Morgan fingerprint density at radius 2 is 1.89 bits per heavy atom. The summed E-state index contributed by atoms with van der Waals surface area (Å²) in [6, 6.07) is 7.25. The molecule has 2 aromatic heterocycles. The number of carbonyl (C=O) groups excluding carboxylic acids is 3. The van der Waals surface area contributed by atoms with Crippen LogP contribution in [0.2, 0.25) is 0 Å². The van der Waals surface area contributed by atoms with Crippen LogP contribution in [0.15, 0.2) is 30.3 Å². The van der Waals surface area contributed by atoms with Crippen LogP contribution in [0.5, 0.6) is 5.75 Å². The zero-order valence-electron chi connectivity index (χ0n) is 19.5. The first kappa shape index (κ1) is 25.8. The molecule has 0 aliphatic rings. The standard InChI is InChI=1S/C23H24F2N4O5S/c1-5-10-33-22(32)17-12(2)18(21(31)29(3)4)35-20(17)26-19(30)16-11-15(27-28-16)13-6-8-14(9-7-13)34-23(24)25/h6-9,11,23H,5,10H2,1-4H3,(H,26,30)(H,27,28). The van der Waals surface area contributed by atoms with Gasteiger partial charge in [-0.1, -0.05) is 6.92 Å². The number of thiophene rings is 1. The van der Waals surface area contributed by atoms with Gasteiger partial charge in [0.1, 0.15) is 16.4 Å². The van der Waals surface area contributed by atoms with E-state index in [2.05, 4.69) is 20.3 Å². The van der Waals surface area contributed by atoms with Gasteiger partial charge in [0.05, 0.1) is 22.7 Å². The molecule has 0 spiro atoms. The number of esters is 1. The van der Waals surface area contributed by atoms with E-state index in [1.165, 1.54) is 35.2 Å². The Hall–Kier alpha value is -3.80. The minimum Gasteiger partial charge on any atom is -0.462 e. The number of nitrogens with zero attached hydrogens (tertiary/aromatic N) is 2. The van der Waals surface area contributed by atoms with E-state index in [1.807, 2.05) is 6.92 Å². The van der Waals surface area contributed by atoms with Gasteiger partial charge >= 0.3 is 12.6 Å². The minimum atomic E-state index is -2.93. The van der Waals surface area contributed by atoms with Crippen molar-refractivity contribution < 1.29 is 32.6 Å². The predicted octanol–water partition coefficient (Wildman–Crippen LogP) is 4.57. The van der Waals surface area contributed by atoms with Crippen LogP contribution in [-0.2, 0) is 4.74 Å². The number of amides is 2. The molecule has 0 radical (unpaired) electrons. The number of halogens is 2. The Bertz CT molecular complexity index is 1220. The van der Waals surface area contributed by atoms with Crippen molar-refractivity contribution >= 4 is 34.1 Å². The van der Waals surface area contributed by atoms with Gasteiger partial charge in [-0.05, 0) is 49.2 Å². The van der Waals surface area contributed by atoms with E-state index in [0.717, 1.165) is 11.3 Å². The van der Waals surface area contributed by atoms with Gasteiger partial charge in [0.25, 0.3) is 11.8 Å². The number of hydrogen-bond donors (Lipinski definition) is 2. The largest absolute Gasteiger partial charge is 0.462 e. The monoisotopic (exact) mass is 506 g/mol. The van der Waals surface area contributed by atoms with Crippen LogP contribution in [0.1, 0.15) is 49.4 Å². The third-order valence-corrected chi connectivity index (χ3v) is 6.01. The third kappa shape index (κ3) is 6.01. The number of ether oxygens (including phenoxy) is 2. The second-order valence-electron chi connectivity index (χ2n) is 7.62. The highest BCUT2D eigenvalue weighted by Crippen LogP contribution is 2.35. The highest BCUT2D eigenvalue weighted by atomic mass is 32.1. The number of anilines is 1. The number of aromatic amines is 1. The van der Waals surface area contributed by atoms with E-state index in [1.54, 1.807) is 21.0 Å². The fourth-order valence-electron chi connectivity index (χ4n) is 3.08. The van der Waals surface area contributed by atoms with Gasteiger partial charge in [-0.25, -0.2) is 4.79 Å². The van der Waals surface area contributed by atoms with Crippen LogP contribution in [0.4, 0.5) is 13.8 Å². The van der Waals surface area contributed by atoms with Crippen molar-refractivity contribution in [2.24, 2.45) is 0 Å². The molecule has 12 heteroatoms. The summed E-state index contributed by atoms with van der Waals surface area (Å²) < 4.78 is 34.2. The first-order valence-electron chi connectivity index (χ1n) is 10.6. The number of rotatable bonds is 9. The number of aromatic nitrogens is 2. The summed E-state index contributed by atoms with van der Waals surface area (Å²) in [6.45, 7) is 0.747. The molecule has 2 N–H and O–H groups in total. The number of alkyl halides is 2. The van der Waals surface area contributed by atoms with Gasteiger partial charge in [0, 0.05) is 19.7 Å². The molecule has 0 fully saturated rings. The maximum absolute atomic E-state index is 12.9. The van der Waals surface area contributed by atoms with Gasteiger partial charge in [0.2, 0.25) is 0 Å². The van der Waals surface area contributed by atoms with Gasteiger partial charge in [-0.2, -0.15) is 13.9 Å². The van der Waals surface area contributed by atoms with Gasteiger partial charge in [0.15, 0.2) is 0 Å². The molecular weight excluding hydrogens is 482 g/mol. The Balaban J connectivity index is 1.85. The van der Waals surface area contributed by atoms with Crippen molar-refractivity contribution in [2.45, 2.75) is 26.9 Å². The lowest BCUT2D eigenvalue weighted by molar-refractivity contribution is -0.0498. The normalized spacial score (nSPS) is 10.8. The molecule has 0 aliphatic heterocycles. The summed E-state index contributed by atoms with van der Waals surface area (Å²) in [5, 5.41) is 9.56. The summed E-state index contributed by atoms with van der Waals surface area (Å²) in [6.07, 6.45) is 0.617. The second-order valence-corrected chi connectivity index (χ2v) is 8.64. The zero-order chi connectivity index (χ0) is 25.7. The van der Waals surface area contributed by atoms with Crippen LogP contribution >= 0.6 is 11.3 Å². The highest BCUT2D eigenvalue weighted by molar-refractivity contribution is 7.18. The van der Waals surface area contributed by atoms with Crippen molar-refractivity contribution in [1.82, 2.24) is 15.1 Å². The van der Waals surface area contributed by atoms with E-state index in [-0.39, 0.29) is 34.5 Å². The Morgan fingerprint density at radius 1 is 1.20 bits per heavy atom. The second kappa shape index (κ2) is 11.1. The van der Waals surface area contributed by atoms with Crippen LogP contribution in [-0.4, -0.2) is 60.2 Å². The number of benzene rings is 1. The van der Waals surface area contributed by atoms with Crippen molar-refractivity contribution in [3.8, 4) is 17.0 Å². The lowest BCUT2D eigenvalue weighted by Gasteiger charge is -2.09. The zero-order valence-corrected chi connectivity index (χ0v) is 20.3. The van der Waals surface area contributed by atoms with Gasteiger partial charge in [-0.3, -0.25) is 14.7 Å². The van der Waals surface area contributed by atoms with Crippen LogP contribution in [0.25, 0.3) is 11.3 Å². The molecule has 0 unspecified atom stereocenters. The molecule has 0 saturated heterocycles. The lowest BCUT2D eigenvalue weighted by Crippen LogP contribution is -2.21. The quantitative estimate of drug-likeness (QED) is 0.411. The molecule has 0 bridgehead atoms. The summed E-state index contributed by atoms with van der Waals surface area (Å²) in [5.74, 6) is -1.53. The van der Waals surface area contributed by atoms with E-state index >= 15 is 0 Å². The summed E-state index contributed by atoms with van der Waals surface area (Å²) in [7, 11) is 3.18. The Labute approximate surface area is 204 Å². The van der Waals surface area contributed by atoms with Crippen LogP contribution < -0.4 is 10.1 Å². The molecule has 2 amide bonds. The topological polar surface area (TPSA) is 114 Å². The molecule has 0 aliphatic carbocycles. The summed E-state index contributed by atoms with van der Waals surface area (Å²) in [5.41, 5.74) is 1.59. The fraction of sp³-hybridized carbons (Fsp3) is 0.304. The fourth-order valence-corrected chi connectivity index (χ4v) is 4.30. The molecular formula is C23H24F2N4O5S. The van der Waals surface area contributed by atoms with E-state index in [9.17, 15) is 23.2 Å². The SMILES string of the molecule is CCCOC(=O)c1c(NC(=O)c2cc(-c3ccc(OC(F)F)cc3)n[nH]2)sc(C(=O)N(C)C)c1C. The maximum atomic E-state index is 12.9. The number of carbonyl (C=O) groups is 3. The Morgan fingerprint density at radius 3 is 2.49 bits per heavy atom. The Kier molecular flexibility index (Phi) is 8.18. The van der Waals surface area contributed by atoms with Crippen molar-refractivity contribution in [3.05, 3.63) is 52.0 Å². The predicted molar refractivity (Wildman–Crippen MR) is 126 cm³/mol. The van der Waals surface area contributed by atoms with Crippen molar-refractivity contribution in [2.75, 3.05) is 26.0 Å². The molecule has 1 aromatic carbocycles. The maximum Gasteiger partial charge on any atom is 0.387 e. The molecule has 3 rings (SSSR count). The number of hydrogen-bond acceptors (Lipinski definition) is 7. The highest BCUT2D eigenvalue weighted by Gasteiger charge is 2.28. The molecule has 9 nitrogen and oxygen atoms in total. The molecule has 186 valence electrons. The molecule has 0 atom stereocenters. The average Bonchev–Trinajstić information content (AvgIpc) is 3.42. The first-order chi connectivity index (χ1) is 16.6. The lowest BCUT2D eigenvalue weighted by atomic mass is 10.1. The van der Waals surface area contributed by atoms with Crippen LogP contribution in [0.3, 0.4) is 0 Å². The summed E-state index contributed by atoms with van der Waals surface area (Å²) in [4.78, 5) is 39.9. The van der Waals surface area contributed by atoms with E-state index in [4.69, 9.17) is 4.74 Å². The van der Waals surface area contributed by atoms with Gasteiger partial charge in [-0.15, -0.1) is 11.3 Å². The number of H-pyrrole nitrogens is 1. The molecule has 0 saturated carbocycles. The van der Waals surface area contributed by atoms with Crippen molar-refractivity contribution in [1.29, 1.82) is 0 Å². The van der Waals surface area contributed by atoms with E-state index in [0.29, 0.717) is 28.1 Å². The average molecular weight is 507 g/mol. The van der Waals surface area contributed by atoms with Gasteiger partial charge < -0.3 is 19.7 Å².